The molecule has 14 heavy (non-hydrogen) atoms. The van der Waals surface area contributed by atoms with Crippen molar-refractivity contribution in [1.82, 2.24) is 0 Å². The van der Waals surface area contributed by atoms with Crippen LogP contribution in [0.3, 0.4) is 0 Å². The highest BCUT2D eigenvalue weighted by Gasteiger charge is 2.38. The molecule has 0 amide bonds. The van der Waals surface area contributed by atoms with Gasteiger partial charge in [-0.1, -0.05) is 5.92 Å². The van der Waals surface area contributed by atoms with Crippen LogP contribution in [-0.2, 0) is 9.47 Å². The van der Waals surface area contributed by atoms with Crippen molar-refractivity contribution in [1.29, 1.82) is 0 Å². The minimum atomic E-state index is -0.510. The maximum atomic E-state index is 5.61. The lowest BCUT2D eigenvalue weighted by Gasteiger charge is -2.20. The molecule has 70 valence electrons. The zero-order chi connectivity index (χ0) is 9.86. The Bertz CT molecular complexity index is 379. The van der Waals surface area contributed by atoms with Crippen LogP contribution in [0.15, 0.2) is 24.0 Å². The lowest BCUT2D eigenvalue weighted by atomic mass is 10.2. The summed E-state index contributed by atoms with van der Waals surface area (Å²) in [7, 11) is 0. The van der Waals surface area contributed by atoms with Gasteiger partial charge >= 0.3 is 0 Å². The first-order chi connectivity index (χ1) is 6.85. The fourth-order valence-corrected chi connectivity index (χ4v) is 1.55. The SMILES string of the molecule is C#CC#CC=C1C=CC2(CCCO2)O1. The highest BCUT2D eigenvalue weighted by molar-refractivity contribution is 5.34. The highest BCUT2D eigenvalue weighted by atomic mass is 16.7. The van der Waals surface area contributed by atoms with Crippen LogP contribution in [-0.4, -0.2) is 12.4 Å². The Labute approximate surface area is 83.6 Å². The monoisotopic (exact) mass is 186 g/mol. The van der Waals surface area contributed by atoms with E-state index in [1.165, 1.54) is 0 Å². The van der Waals surface area contributed by atoms with E-state index in [2.05, 4.69) is 17.8 Å². The molecule has 0 N–H and O–H groups in total. The average molecular weight is 186 g/mol. The van der Waals surface area contributed by atoms with E-state index in [9.17, 15) is 0 Å². The van der Waals surface area contributed by atoms with Gasteiger partial charge < -0.3 is 9.47 Å². The molecule has 0 bridgehead atoms. The molecule has 1 spiro atoms. The maximum absolute atomic E-state index is 5.61. The van der Waals surface area contributed by atoms with Crippen LogP contribution in [0.1, 0.15) is 12.8 Å². The second kappa shape index (κ2) is 3.62. The van der Waals surface area contributed by atoms with Gasteiger partial charge in [0, 0.05) is 12.5 Å². The van der Waals surface area contributed by atoms with Crippen LogP contribution in [0.2, 0.25) is 0 Å². The number of ether oxygens (including phenoxy) is 2. The molecule has 2 aliphatic heterocycles. The summed E-state index contributed by atoms with van der Waals surface area (Å²) in [5.74, 6) is 7.65. The zero-order valence-corrected chi connectivity index (χ0v) is 7.75. The van der Waals surface area contributed by atoms with Gasteiger partial charge in [0.05, 0.1) is 6.61 Å². The first-order valence-electron chi connectivity index (χ1n) is 4.53. The molecule has 2 aliphatic rings. The number of allylic oxidation sites excluding steroid dienone is 2. The van der Waals surface area contributed by atoms with Crippen molar-refractivity contribution in [2.75, 3.05) is 6.61 Å². The van der Waals surface area contributed by atoms with E-state index in [1.54, 1.807) is 6.08 Å². The third-order valence-electron chi connectivity index (χ3n) is 2.17. The molecule has 0 aromatic heterocycles. The molecule has 0 radical (unpaired) electrons. The Kier molecular flexibility index (Phi) is 2.31. The van der Waals surface area contributed by atoms with Crippen molar-refractivity contribution in [3.63, 3.8) is 0 Å². The summed E-state index contributed by atoms with van der Waals surface area (Å²) in [6.45, 7) is 0.758. The highest BCUT2D eigenvalue weighted by Crippen LogP contribution is 2.35. The largest absolute Gasteiger partial charge is 0.458 e. The maximum Gasteiger partial charge on any atom is 0.230 e. The Hall–Kier alpha value is -1.64. The van der Waals surface area contributed by atoms with Crippen molar-refractivity contribution < 1.29 is 9.47 Å². The second-order valence-electron chi connectivity index (χ2n) is 3.16. The summed E-state index contributed by atoms with van der Waals surface area (Å²) in [5.41, 5.74) is 0. The quantitative estimate of drug-likeness (QED) is 0.535. The summed E-state index contributed by atoms with van der Waals surface area (Å²) in [4.78, 5) is 0. The van der Waals surface area contributed by atoms with Gasteiger partial charge in [-0.15, -0.1) is 6.42 Å². The van der Waals surface area contributed by atoms with Crippen molar-refractivity contribution in [3.8, 4) is 24.2 Å². The minimum absolute atomic E-state index is 0.510. The lowest BCUT2D eigenvalue weighted by Crippen LogP contribution is -2.24. The van der Waals surface area contributed by atoms with Crippen LogP contribution in [0.25, 0.3) is 0 Å². The molecule has 2 heterocycles. The molecular weight excluding hydrogens is 176 g/mol. The standard InChI is InChI=1S/C12H10O2/c1-2-3-4-6-11-7-9-12(14-11)8-5-10-13-12/h1,6-7,9H,5,8,10H2. The fourth-order valence-electron chi connectivity index (χ4n) is 1.55. The molecule has 2 rings (SSSR count). The van der Waals surface area contributed by atoms with Crippen LogP contribution in [0.5, 0.6) is 0 Å². The van der Waals surface area contributed by atoms with Crippen LogP contribution >= 0.6 is 0 Å². The van der Waals surface area contributed by atoms with Gasteiger partial charge in [-0.2, -0.15) is 0 Å². The van der Waals surface area contributed by atoms with E-state index in [4.69, 9.17) is 15.9 Å². The van der Waals surface area contributed by atoms with Gasteiger partial charge in [-0.3, -0.25) is 0 Å². The number of terminal acetylenes is 1. The molecule has 2 nitrogen and oxygen atoms in total. The number of hydrogen-bond acceptors (Lipinski definition) is 2. The predicted octanol–water partition coefficient (Wildman–Crippen LogP) is 1.60. The van der Waals surface area contributed by atoms with Gasteiger partial charge in [0.25, 0.3) is 0 Å². The van der Waals surface area contributed by atoms with Crippen molar-refractivity contribution in [3.05, 3.63) is 24.0 Å². The minimum Gasteiger partial charge on any atom is -0.458 e. The van der Waals surface area contributed by atoms with Crippen molar-refractivity contribution in [2.45, 2.75) is 18.6 Å². The van der Waals surface area contributed by atoms with E-state index >= 15 is 0 Å². The Balaban J connectivity index is 2.06. The lowest BCUT2D eigenvalue weighted by molar-refractivity contribution is -0.135. The predicted molar refractivity (Wildman–Crippen MR) is 52.8 cm³/mol. The summed E-state index contributed by atoms with van der Waals surface area (Å²) in [5, 5.41) is 0. The van der Waals surface area contributed by atoms with Crippen LogP contribution < -0.4 is 0 Å². The summed E-state index contributed by atoms with van der Waals surface area (Å²) < 4.78 is 11.1. The molecule has 1 saturated heterocycles. The average Bonchev–Trinajstić information content (AvgIpc) is 2.79. The van der Waals surface area contributed by atoms with Gasteiger partial charge in [-0.25, -0.2) is 0 Å². The van der Waals surface area contributed by atoms with Gasteiger partial charge in [0.15, 0.2) is 0 Å². The molecule has 0 saturated carbocycles. The van der Waals surface area contributed by atoms with E-state index in [1.807, 2.05) is 12.2 Å². The molecular formula is C12H10O2. The van der Waals surface area contributed by atoms with Crippen LogP contribution in [0, 0.1) is 24.2 Å². The van der Waals surface area contributed by atoms with E-state index in [0.717, 1.165) is 25.2 Å². The Morgan fingerprint density at radius 1 is 1.57 bits per heavy atom. The van der Waals surface area contributed by atoms with Crippen molar-refractivity contribution >= 4 is 0 Å². The molecule has 0 aromatic carbocycles. The molecule has 0 aromatic rings. The van der Waals surface area contributed by atoms with E-state index < -0.39 is 5.79 Å². The summed E-state index contributed by atoms with van der Waals surface area (Å²) in [6.07, 6.45) is 12.4. The van der Waals surface area contributed by atoms with Crippen LogP contribution in [0.4, 0.5) is 0 Å². The summed E-state index contributed by atoms with van der Waals surface area (Å²) in [6, 6.07) is 0. The van der Waals surface area contributed by atoms with Gasteiger partial charge in [0.1, 0.15) is 5.76 Å². The third kappa shape index (κ3) is 1.66. The molecule has 1 unspecified atom stereocenters. The zero-order valence-electron chi connectivity index (χ0n) is 7.75. The fraction of sp³-hybridized carbons (Fsp3) is 0.333. The van der Waals surface area contributed by atoms with E-state index in [0.29, 0.717) is 0 Å². The van der Waals surface area contributed by atoms with Gasteiger partial charge in [0.2, 0.25) is 5.79 Å². The number of rotatable bonds is 0. The molecule has 1 atom stereocenters. The Morgan fingerprint density at radius 2 is 2.50 bits per heavy atom. The summed E-state index contributed by atoms with van der Waals surface area (Å²) >= 11 is 0. The molecule has 1 fully saturated rings. The second-order valence-corrected chi connectivity index (χ2v) is 3.16. The first kappa shape index (κ1) is 8.94. The molecule has 2 heteroatoms. The number of hydrogen-bond donors (Lipinski definition) is 0. The Morgan fingerprint density at radius 3 is 3.21 bits per heavy atom. The molecule has 0 aliphatic carbocycles. The topological polar surface area (TPSA) is 18.5 Å². The smallest absolute Gasteiger partial charge is 0.230 e. The third-order valence-corrected chi connectivity index (χ3v) is 2.17. The van der Waals surface area contributed by atoms with Crippen molar-refractivity contribution in [2.24, 2.45) is 0 Å². The first-order valence-corrected chi connectivity index (χ1v) is 4.53. The normalized spacial score (nSPS) is 31.2. The van der Waals surface area contributed by atoms with Gasteiger partial charge in [-0.05, 0) is 30.4 Å². The van der Waals surface area contributed by atoms with E-state index in [-0.39, 0.29) is 0 Å².